The molecule has 0 aliphatic rings. The summed E-state index contributed by atoms with van der Waals surface area (Å²) in [6.45, 7) is 6.03. The van der Waals surface area contributed by atoms with E-state index in [0.717, 1.165) is 22.8 Å². The maximum atomic E-state index is 11.3. The molecule has 0 atom stereocenters. The summed E-state index contributed by atoms with van der Waals surface area (Å²) in [6, 6.07) is 5.13. The normalized spacial score (nSPS) is 11.2. The van der Waals surface area contributed by atoms with Crippen LogP contribution in [0.2, 0.25) is 0 Å². The van der Waals surface area contributed by atoms with Crippen molar-refractivity contribution < 1.29 is 14.3 Å². The van der Waals surface area contributed by atoms with Crippen LogP contribution in [0.25, 0.3) is 11.0 Å². The van der Waals surface area contributed by atoms with E-state index in [0.29, 0.717) is 18.0 Å². The number of nitrogens with zero attached hydrogens (tertiary/aromatic N) is 3. The van der Waals surface area contributed by atoms with Gasteiger partial charge in [0.1, 0.15) is 23.6 Å². The van der Waals surface area contributed by atoms with E-state index in [2.05, 4.69) is 9.97 Å². The van der Waals surface area contributed by atoms with Gasteiger partial charge in [-0.05, 0) is 32.9 Å². The van der Waals surface area contributed by atoms with E-state index in [1.165, 1.54) is 0 Å². The largest absolute Gasteiger partial charge is 0.478 e. The summed E-state index contributed by atoms with van der Waals surface area (Å²) in [5.41, 5.74) is 2.32. The van der Waals surface area contributed by atoms with Crippen LogP contribution in [0.4, 0.5) is 0 Å². The van der Waals surface area contributed by atoms with E-state index in [1.807, 2.05) is 31.4 Å². The third kappa shape index (κ3) is 2.18. The Kier molecular flexibility index (Phi) is 3.01. The molecule has 0 unspecified atom stereocenters. The Balaban J connectivity index is 2.12. The van der Waals surface area contributed by atoms with Crippen molar-refractivity contribution >= 4 is 17.0 Å². The summed E-state index contributed by atoms with van der Waals surface area (Å²) in [5, 5.41) is 9.23. The molecule has 1 N–H and O–H groups in total. The van der Waals surface area contributed by atoms with Crippen LogP contribution in [0.3, 0.4) is 0 Å². The number of hydrogen-bond donors (Lipinski definition) is 1. The number of rotatable bonds is 3. The van der Waals surface area contributed by atoms with Crippen LogP contribution in [0.15, 0.2) is 22.6 Å². The number of carboxylic acids is 1. The van der Waals surface area contributed by atoms with Crippen LogP contribution in [0, 0.1) is 20.8 Å². The van der Waals surface area contributed by atoms with E-state index in [-0.39, 0.29) is 5.56 Å². The summed E-state index contributed by atoms with van der Waals surface area (Å²) >= 11 is 0. The van der Waals surface area contributed by atoms with Gasteiger partial charge in [0.2, 0.25) is 5.89 Å². The van der Waals surface area contributed by atoms with Gasteiger partial charge in [-0.25, -0.2) is 14.8 Å². The summed E-state index contributed by atoms with van der Waals surface area (Å²) < 4.78 is 7.50. The molecule has 6 heteroatoms. The highest BCUT2D eigenvalue weighted by atomic mass is 16.4. The van der Waals surface area contributed by atoms with Gasteiger partial charge >= 0.3 is 5.97 Å². The van der Waals surface area contributed by atoms with Gasteiger partial charge in [0.15, 0.2) is 0 Å². The topological polar surface area (TPSA) is 81.2 Å². The zero-order chi connectivity index (χ0) is 15.1. The first-order valence-electron chi connectivity index (χ1n) is 6.59. The highest BCUT2D eigenvalue weighted by Gasteiger charge is 2.16. The molecule has 3 rings (SSSR count). The van der Waals surface area contributed by atoms with Crippen LogP contribution in [-0.2, 0) is 6.54 Å². The standard InChI is InChI=1S/C15H15N3O3/c1-8-9(2)21-13(16-8)7-18-10(3)17-14-11(15(19)20)5-4-6-12(14)18/h4-6H,7H2,1-3H3,(H,19,20). The van der Waals surface area contributed by atoms with E-state index >= 15 is 0 Å². The lowest BCUT2D eigenvalue weighted by Crippen LogP contribution is -2.02. The number of benzene rings is 1. The van der Waals surface area contributed by atoms with E-state index in [9.17, 15) is 9.90 Å². The van der Waals surface area contributed by atoms with Gasteiger partial charge in [-0.2, -0.15) is 0 Å². The van der Waals surface area contributed by atoms with Gasteiger partial charge in [-0.3, -0.25) is 0 Å². The summed E-state index contributed by atoms with van der Waals surface area (Å²) in [5.74, 6) is 1.13. The van der Waals surface area contributed by atoms with Crippen molar-refractivity contribution in [3.8, 4) is 0 Å². The number of aromatic carboxylic acids is 1. The molecule has 0 fully saturated rings. The molecule has 0 saturated carbocycles. The van der Waals surface area contributed by atoms with E-state index in [1.54, 1.807) is 12.1 Å². The minimum absolute atomic E-state index is 0.203. The molecule has 21 heavy (non-hydrogen) atoms. The average Bonchev–Trinajstić information content (AvgIpc) is 2.90. The molecule has 0 bridgehead atoms. The van der Waals surface area contributed by atoms with Crippen molar-refractivity contribution in [2.75, 3.05) is 0 Å². The minimum Gasteiger partial charge on any atom is -0.478 e. The average molecular weight is 285 g/mol. The van der Waals surface area contributed by atoms with Gasteiger partial charge in [0.25, 0.3) is 0 Å². The quantitative estimate of drug-likeness (QED) is 0.800. The second kappa shape index (κ2) is 4.73. The number of fused-ring (bicyclic) bond motifs is 1. The Morgan fingerprint density at radius 2 is 2.05 bits per heavy atom. The maximum absolute atomic E-state index is 11.3. The smallest absolute Gasteiger partial charge is 0.337 e. The van der Waals surface area contributed by atoms with Crippen molar-refractivity contribution in [1.29, 1.82) is 0 Å². The molecule has 0 aliphatic carbocycles. The zero-order valence-electron chi connectivity index (χ0n) is 12.0. The van der Waals surface area contributed by atoms with Crippen LogP contribution in [-0.4, -0.2) is 25.6 Å². The molecule has 0 aliphatic heterocycles. The van der Waals surface area contributed by atoms with Crippen LogP contribution < -0.4 is 0 Å². The van der Waals surface area contributed by atoms with Crippen LogP contribution in [0.5, 0.6) is 0 Å². The first-order chi connectivity index (χ1) is 9.97. The number of carboxylic acid groups (broad SMARTS) is 1. The predicted octanol–water partition coefficient (Wildman–Crippen LogP) is 2.70. The third-order valence-corrected chi connectivity index (χ3v) is 3.57. The summed E-state index contributed by atoms with van der Waals surface area (Å²) in [6.07, 6.45) is 0. The Morgan fingerprint density at radius 3 is 2.67 bits per heavy atom. The molecular weight excluding hydrogens is 270 g/mol. The van der Waals surface area contributed by atoms with Crippen molar-refractivity contribution in [3.63, 3.8) is 0 Å². The number of oxazole rings is 1. The Morgan fingerprint density at radius 1 is 1.29 bits per heavy atom. The van der Waals surface area contributed by atoms with Crippen molar-refractivity contribution in [2.45, 2.75) is 27.3 Å². The highest BCUT2D eigenvalue weighted by Crippen LogP contribution is 2.21. The van der Waals surface area contributed by atoms with Crippen molar-refractivity contribution in [1.82, 2.24) is 14.5 Å². The monoisotopic (exact) mass is 285 g/mol. The van der Waals surface area contributed by atoms with Crippen LogP contribution in [0.1, 0.15) is 33.5 Å². The van der Waals surface area contributed by atoms with Crippen molar-refractivity contribution in [2.24, 2.45) is 0 Å². The molecule has 0 amide bonds. The fourth-order valence-electron chi connectivity index (χ4n) is 2.38. The number of imidazole rings is 1. The zero-order valence-corrected chi connectivity index (χ0v) is 12.0. The molecule has 2 aromatic heterocycles. The number of hydrogen-bond acceptors (Lipinski definition) is 4. The third-order valence-electron chi connectivity index (χ3n) is 3.57. The molecule has 2 heterocycles. The second-order valence-electron chi connectivity index (χ2n) is 4.97. The van der Waals surface area contributed by atoms with Crippen LogP contribution >= 0.6 is 0 Å². The lowest BCUT2D eigenvalue weighted by molar-refractivity contribution is 0.0699. The minimum atomic E-state index is -0.979. The first kappa shape index (κ1) is 13.4. The van der Waals surface area contributed by atoms with Gasteiger partial charge < -0.3 is 14.1 Å². The Labute approximate surface area is 121 Å². The van der Waals surface area contributed by atoms with E-state index < -0.39 is 5.97 Å². The van der Waals surface area contributed by atoms with Crippen molar-refractivity contribution in [3.05, 3.63) is 46.9 Å². The Bertz CT molecular complexity index is 826. The maximum Gasteiger partial charge on any atom is 0.337 e. The second-order valence-corrected chi connectivity index (χ2v) is 4.97. The van der Waals surface area contributed by atoms with Gasteiger partial charge in [-0.15, -0.1) is 0 Å². The number of aromatic nitrogens is 3. The fourth-order valence-corrected chi connectivity index (χ4v) is 2.38. The molecular formula is C15H15N3O3. The van der Waals surface area contributed by atoms with E-state index in [4.69, 9.17) is 4.42 Å². The molecule has 108 valence electrons. The number of aryl methyl sites for hydroxylation is 3. The Hall–Kier alpha value is -2.63. The summed E-state index contributed by atoms with van der Waals surface area (Å²) in [7, 11) is 0. The number of carbonyl (C=O) groups is 1. The predicted molar refractivity (Wildman–Crippen MR) is 76.5 cm³/mol. The molecule has 0 saturated heterocycles. The fraction of sp³-hybridized carbons (Fsp3) is 0.267. The molecule has 1 aromatic carbocycles. The first-order valence-corrected chi connectivity index (χ1v) is 6.59. The van der Waals surface area contributed by atoms with Gasteiger partial charge in [-0.1, -0.05) is 6.07 Å². The number of para-hydroxylation sites is 1. The lowest BCUT2D eigenvalue weighted by atomic mass is 10.2. The summed E-state index contributed by atoms with van der Waals surface area (Å²) in [4.78, 5) is 20.0. The van der Waals surface area contributed by atoms with Gasteiger partial charge in [0, 0.05) is 0 Å². The molecule has 6 nitrogen and oxygen atoms in total. The highest BCUT2D eigenvalue weighted by molar-refractivity contribution is 6.01. The molecule has 3 aromatic rings. The molecule has 0 spiro atoms. The molecule has 0 radical (unpaired) electrons. The SMILES string of the molecule is Cc1nc(Cn2c(C)nc3c(C(=O)O)cccc32)oc1C. The lowest BCUT2D eigenvalue weighted by Gasteiger charge is -2.03. The van der Waals surface area contributed by atoms with Gasteiger partial charge in [0.05, 0.1) is 16.8 Å².